The molecule has 2 N–H and O–H groups in total. The Bertz CT molecular complexity index is 911. The molecule has 1 amide bonds. The van der Waals surface area contributed by atoms with E-state index in [1.807, 2.05) is 26.2 Å². The summed E-state index contributed by atoms with van der Waals surface area (Å²) in [6.45, 7) is 0.603. The number of nitrogens with zero attached hydrogens (tertiary/aromatic N) is 1. The number of aryl methyl sites for hydroxylation is 2. The lowest BCUT2D eigenvalue weighted by Crippen LogP contribution is -2.34. The fraction of sp³-hybridized carbons (Fsp3) is 0.381. The molecule has 4 rings (SSSR count). The molecule has 1 aliphatic rings. The maximum atomic E-state index is 12.7. The number of hydrogen-bond acceptors (Lipinski definition) is 3. The van der Waals surface area contributed by atoms with Gasteiger partial charge < -0.3 is 15.2 Å². The van der Waals surface area contributed by atoms with Gasteiger partial charge in [-0.25, -0.2) is 0 Å². The summed E-state index contributed by atoms with van der Waals surface area (Å²) in [7, 11) is 4.10. The smallest absolute Gasteiger partial charge is 0.251 e. The Labute approximate surface area is 158 Å². The van der Waals surface area contributed by atoms with Crippen molar-refractivity contribution in [2.45, 2.75) is 31.7 Å². The molecule has 3 aromatic rings. The monoisotopic (exact) mass is 367 g/mol. The van der Waals surface area contributed by atoms with E-state index in [9.17, 15) is 4.79 Å². The molecule has 1 unspecified atom stereocenters. The second-order valence-corrected chi connectivity index (χ2v) is 8.08. The SMILES string of the molecule is CN(C)C(CNC(=O)c1ccc2[nH]c3c(c2c1)CCCC3)c1ccsc1. The molecule has 2 heterocycles. The zero-order valence-corrected chi connectivity index (χ0v) is 16.2. The molecule has 1 aliphatic carbocycles. The van der Waals surface area contributed by atoms with E-state index in [1.54, 1.807) is 11.3 Å². The molecule has 1 atom stereocenters. The summed E-state index contributed by atoms with van der Waals surface area (Å²) in [6, 6.07) is 8.34. The second kappa shape index (κ2) is 7.25. The van der Waals surface area contributed by atoms with E-state index in [2.05, 4.69) is 38.1 Å². The standard InChI is InChI=1S/C21H25N3OS/c1-24(2)20(15-9-10-26-13-15)12-22-21(25)14-7-8-19-17(11-14)16-5-3-4-6-18(16)23-19/h7-11,13,20,23H,3-6,12H2,1-2H3,(H,22,25). The molecular weight excluding hydrogens is 342 g/mol. The van der Waals surface area contributed by atoms with Crippen molar-refractivity contribution in [1.29, 1.82) is 0 Å². The van der Waals surface area contributed by atoms with Crippen LogP contribution < -0.4 is 5.32 Å². The summed E-state index contributed by atoms with van der Waals surface area (Å²) in [6.07, 6.45) is 4.72. The predicted molar refractivity (Wildman–Crippen MR) is 108 cm³/mol. The highest BCUT2D eigenvalue weighted by Gasteiger charge is 2.19. The Hall–Kier alpha value is -2.11. The van der Waals surface area contributed by atoms with Gasteiger partial charge in [0.1, 0.15) is 0 Å². The number of aromatic nitrogens is 1. The Balaban J connectivity index is 1.52. The zero-order chi connectivity index (χ0) is 18.1. The number of thiophene rings is 1. The van der Waals surface area contributed by atoms with Crippen molar-refractivity contribution in [2.24, 2.45) is 0 Å². The van der Waals surface area contributed by atoms with E-state index in [4.69, 9.17) is 0 Å². The molecule has 26 heavy (non-hydrogen) atoms. The molecule has 0 radical (unpaired) electrons. The van der Waals surface area contributed by atoms with Crippen LogP contribution in [0.5, 0.6) is 0 Å². The lowest BCUT2D eigenvalue weighted by molar-refractivity contribution is 0.0942. The first kappa shape index (κ1) is 17.3. The van der Waals surface area contributed by atoms with Crippen LogP contribution in [0.25, 0.3) is 10.9 Å². The van der Waals surface area contributed by atoms with E-state index in [0.717, 1.165) is 23.9 Å². The Morgan fingerprint density at radius 2 is 2.12 bits per heavy atom. The van der Waals surface area contributed by atoms with Crippen LogP contribution in [0.3, 0.4) is 0 Å². The van der Waals surface area contributed by atoms with Crippen LogP contribution in [-0.2, 0) is 12.8 Å². The molecule has 2 aromatic heterocycles. The third-order valence-corrected chi connectivity index (χ3v) is 6.07. The van der Waals surface area contributed by atoms with Gasteiger partial charge in [0, 0.05) is 28.7 Å². The Kier molecular flexibility index (Phi) is 4.83. The van der Waals surface area contributed by atoms with Crippen molar-refractivity contribution >= 4 is 28.1 Å². The summed E-state index contributed by atoms with van der Waals surface area (Å²) in [5.74, 6) is -0.000242. The van der Waals surface area contributed by atoms with Crippen molar-refractivity contribution in [3.63, 3.8) is 0 Å². The molecule has 0 saturated carbocycles. The van der Waals surface area contributed by atoms with Crippen molar-refractivity contribution < 1.29 is 4.79 Å². The fourth-order valence-corrected chi connectivity index (χ4v) is 4.61. The molecule has 0 saturated heterocycles. The quantitative estimate of drug-likeness (QED) is 0.712. The van der Waals surface area contributed by atoms with Crippen LogP contribution in [0.4, 0.5) is 0 Å². The number of rotatable bonds is 5. The van der Waals surface area contributed by atoms with E-state index >= 15 is 0 Å². The average Bonchev–Trinajstić information content (AvgIpc) is 3.28. The predicted octanol–water partition coefficient (Wildman–Crippen LogP) is 4.14. The highest BCUT2D eigenvalue weighted by atomic mass is 32.1. The van der Waals surface area contributed by atoms with Crippen LogP contribution in [0.2, 0.25) is 0 Å². The first-order valence-electron chi connectivity index (χ1n) is 9.23. The maximum absolute atomic E-state index is 12.7. The number of H-pyrrole nitrogens is 1. The number of benzene rings is 1. The van der Waals surface area contributed by atoms with Crippen LogP contribution in [-0.4, -0.2) is 36.4 Å². The largest absolute Gasteiger partial charge is 0.358 e. The molecule has 0 bridgehead atoms. The highest BCUT2D eigenvalue weighted by molar-refractivity contribution is 7.07. The van der Waals surface area contributed by atoms with E-state index in [1.165, 1.54) is 35.0 Å². The first-order chi connectivity index (χ1) is 12.6. The number of amides is 1. The molecule has 0 spiro atoms. The minimum Gasteiger partial charge on any atom is -0.358 e. The Morgan fingerprint density at radius 1 is 1.27 bits per heavy atom. The van der Waals surface area contributed by atoms with E-state index in [0.29, 0.717) is 6.54 Å². The molecule has 0 aliphatic heterocycles. The number of fused-ring (bicyclic) bond motifs is 3. The summed E-state index contributed by atoms with van der Waals surface area (Å²) < 4.78 is 0. The topological polar surface area (TPSA) is 48.1 Å². The van der Waals surface area contributed by atoms with Gasteiger partial charge in [0.15, 0.2) is 0 Å². The summed E-state index contributed by atoms with van der Waals surface area (Å²) in [5.41, 5.74) is 5.90. The molecule has 136 valence electrons. The minimum atomic E-state index is -0.000242. The lowest BCUT2D eigenvalue weighted by Gasteiger charge is -2.24. The number of carbonyl (C=O) groups is 1. The number of hydrogen-bond donors (Lipinski definition) is 2. The van der Waals surface area contributed by atoms with Gasteiger partial charge in [-0.2, -0.15) is 11.3 Å². The first-order valence-corrected chi connectivity index (χ1v) is 10.2. The van der Waals surface area contributed by atoms with Gasteiger partial charge in [-0.05, 0) is 85.9 Å². The normalized spacial score (nSPS) is 15.2. The van der Waals surface area contributed by atoms with Gasteiger partial charge in [0.05, 0.1) is 6.04 Å². The van der Waals surface area contributed by atoms with Crippen molar-refractivity contribution in [1.82, 2.24) is 15.2 Å². The second-order valence-electron chi connectivity index (χ2n) is 7.30. The lowest BCUT2D eigenvalue weighted by atomic mass is 9.95. The number of aromatic amines is 1. The molecule has 0 fully saturated rings. The highest BCUT2D eigenvalue weighted by Crippen LogP contribution is 2.29. The molecule has 5 heteroatoms. The summed E-state index contributed by atoms with van der Waals surface area (Å²) >= 11 is 1.69. The van der Waals surface area contributed by atoms with Crippen LogP contribution in [0.1, 0.15) is 46.1 Å². The molecular formula is C21H25N3OS. The van der Waals surface area contributed by atoms with Crippen molar-refractivity contribution in [3.8, 4) is 0 Å². The average molecular weight is 368 g/mol. The van der Waals surface area contributed by atoms with Crippen LogP contribution >= 0.6 is 11.3 Å². The van der Waals surface area contributed by atoms with Gasteiger partial charge in [0.25, 0.3) is 5.91 Å². The summed E-state index contributed by atoms with van der Waals surface area (Å²) in [4.78, 5) is 18.4. The van der Waals surface area contributed by atoms with Crippen LogP contribution in [0.15, 0.2) is 35.0 Å². The number of likely N-dealkylation sites (N-methyl/N-ethyl adjacent to an activating group) is 1. The number of nitrogens with one attached hydrogen (secondary N) is 2. The van der Waals surface area contributed by atoms with Crippen molar-refractivity contribution in [3.05, 3.63) is 57.4 Å². The fourth-order valence-electron chi connectivity index (χ4n) is 3.90. The van der Waals surface area contributed by atoms with E-state index < -0.39 is 0 Å². The molecule has 4 nitrogen and oxygen atoms in total. The number of carbonyl (C=O) groups excluding carboxylic acids is 1. The van der Waals surface area contributed by atoms with Crippen molar-refractivity contribution in [2.75, 3.05) is 20.6 Å². The zero-order valence-electron chi connectivity index (χ0n) is 15.3. The van der Waals surface area contributed by atoms with Gasteiger partial charge in [-0.15, -0.1) is 0 Å². The minimum absolute atomic E-state index is 0.000242. The van der Waals surface area contributed by atoms with Gasteiger partial charge in [-0.1, -0.05) is 0 Å². The third kappa shape index (κ3) is 3.29. The van der Waals surface area contributed by atoms with Gasteiger partial charge in [-0.3, -0.25) is 4.79 Å². The summed E-state index contributed by atoms with van der Waals surface area (Å²) in [5, 5.41) is 8.56. The molecule has 1 aromatic carbocycles. The van der Waals surface area contributed by atoms with Gasteiger partial charge >= 0.3 is 0 Å². The maximum Gasteiger partial charge on any atom is 0.251 e. The van der Waals surface area contributed by atoms with E-state index in [-0.39, 0.29) is 11.9 Å². The van der Waals surface area contributed by atoms with Gasteiger partial charge in [0.2, 0.25) is 0 Å². The Morgan fingerprint density at radius 3 is 2.88 bits per heavy atom. The van der Waals surface area contributed by atoms with Crippen LogP contribution in [0, 0.1) is 0 Å². The third-order valence-electron chi connectivity index (χ3n) is 5.37.